The van der Waals surface area contributed by atoms with Crippen molar-refractivity contribution in [2.45, 2.75) is 186 Å². The van der Waals surface area contributed by atoms with Gasteiger partial charge in [-0.2, -0.15) is 0 Å². The van der Waals surface area contributed by atoms with Gasteiger partial charge >= 0.3 is 23.9 Å². The number of allylic oxidation sites excluding steroid dienone is 2. The summed E-state index contributed by atoms with van der Waals surface area (Å²) in [5, 5.41) is 22.6. The van der Waals surface area contributed by atoms with Crippen LogP contribution in [0, 0.1) is 11.8 Å². The molecule has 2 saturated heterocycles. The van der Waals surface area contributed by atoms with E-state index in [-0.39, 0.29) is 25.7 Å². The van der Waals surface area contributed by atoms with Gasteiger partial charge in [-0.3, -0.25) is 19.2 Å². The number of aldehydes is 1. The predicted octanol–water partition coefficient (Wildman–Crippen LogP) is 3.34. The third-order valence-electron chi connectivity index (χ3n) is 11.1. The zero-order valence-electron chi connectivity index (χ0n) is 37.1. The van der Waals surface area contributed by atoms with Crippen LogP contribution in [0.5, 0.6) is 0 Å². The fraction of sp³-hybridized carbons (Fsp3) is 0.791. The molecule has 0 saturated carbocycles. The smallest absolute Gasteiger partial charge is 0.309 e. The van der Waals surface area contributed by atoms with Crippen molar-refractivity contribution in [1.29, 1.82) is 0 Å². The van der Waals surface area contributed by atoms with Gasteiger partial charge in [-0.25, -0.2) is 0 Å². The van der Waals surface area contributed by atoms with Gasteiger partial charge in [0.25, 0.3) is 0 Å². The number of aliphatic hydroxyl groups excluding tert-OH is 1. The van der Waals surface area contributed by atoms with Crippen LogP contribution in [0.4, 0.5) is 0 Å². The molecule has 0 aliphatic carbocycles. The lowest BCUT2D eigenvalue weighted by molar-refractivity contribution is -0.345. The minimum atomic E-state index is -1.52. The first-order valence-corrected chi connectivity index (χ1v) is 20.9. The third-order valence-corrected chi connectivity index (χ3v) is 11.1. The number of hydrogen-bond donors (Lipinski definition) is 2. The van der Waals surface area contributed by atoms with Gasteiger partial charge in [0.05, 0.1) is 36.9 Å². The number of ether oxygens (including phenoxy) is 9. The van der Waals surface area contributed by atoms with Gasteiger partial charge in [0, 0.05) is 46.6 Å². The second-order valence-electron chi connectivity index (χ2n) is 16.7. The highest BCUT2D eigenvalue weighted by Crippen LogP contribution is 2.38. The maximum Gasteiger partial charge on any atom is 0.309 e. The average molecular weight is 856 g/mol. The van der Waals surface area contributed by atoms with Gasteiger partial charge in [-0.1, -0.05) is 38.2 Å². The molecule has 3 aliphatic rings. The number of carbonyl (C=O) groups excluding carboxylic acids is 5. The van der Waals surface area contributed by atoms with Crippen LogP contribution >= 0.6 is 0 Å². The zero-order chi connectivity index (χ0) is 44.9. The summed E-state index contributed by atoms with van der Waals surface area (Å²) < 4.78 is 55.0. The number of aliphatic hydroxyl groups is 2. The quantitative estimate of drug-likeness (QED) is 0.155. The number of nitrogens with zero attached hydrogens (tertiary/aromatic N) is 1. The van der Waals surface area contributed by atoms with Gasteiger partial charge in [-0.05, 0) is 66.5 Å². The highest BCUT2D eigenvalue weighted by Gasteiger charge is 2.54. The van der Waals surface area contributed by atoms with Crippen LogP contribution in [-0.2, 0) is 66.6 Å². The van der Waals surface area contributed by atoms with E-state index in [1.54, 1.807) is 71.0 Å². The van der Waals surface area contributed by atoms with Crippen LogP contribution < -0.4 is 0 Å². The SMILES string of the molecule is CCCC(=O)O[C@@H]1[C@@H](C)O[C@H](O[C@@H]2[C@@H](N(C)C)[C@H](OC(C)=O)[C@@H](O[C@@H]3[C@H](CC=O)C[C@H](C)[C@H](O)/C=C/C=C/C[C@H](C)OC(=O)C[C@H](OC(C)=O)[C@H]3OC)O[C@H]2C)C[C@]1(C)O. The van der Waals surface area contributed by atoms with Gasteiger partial charge in [0.2, 0.25) is 0 Å². The van der Waals surface area contributed by atoms with E-state index < -0.39 is 127 Å². The topological polar surface area (TPSA) is 212 Å². The number of esters is 4. The molecule has 0 unspecified atom stereocenters. The van der Waals surface area contributed by atoms with Crippen molar-refractivity contribution in [3.05, 3.63) is 24.3 Å². The molecule has 2 fully saturated rings. The number of rotatable bonds is 13. The standard InChI is InChI=1S/C43H69NO16/c1-12-16-33(49)58-41-27(5)54-35(23-43(41,8)51)59-37-26(4)55-42(40(57-29(7)47)36(37)44(9)10)60-38-30(19-20-45)21-24(2)31(48)18-15-13-14-17-25(3)53-34(50)22-32(39(38)52-11)56-28(6)46/h13-15,18,20,24-27,30-32,35-42,48,51H,12,16-17,19,21-23H2,1-11H3/b14-13+,18-15+/t24-,25-,26-,27+,30+,31+,32-,35+,36+,37-,38+,39+,40-,41+,42+,43-/m0/s1. The first-order valence-electron chi connectivity index (χ1n) is 20.9. The summed E-state index contributed by atoms with van der Waals surface area (Å²) in [6.45, 7) is 12.8. The molecule has 17 heteroatoms. The summed E-state index contributed by atoms with van der Waals surface area (Å²) in [7, 11) is 4.86. The molecule has 0 amide bonds. The number of hydrogen-bond acceptors (Lipinski definition) is 17. The Hall–Kier alpha value is -3.29. The van der Waals surface area contributed by atoms with E-state index in [2.05, 4.69) is 0 Å². The molecule has 17 nitrogen and oxygen atoms in total. The molecule has 0 aromatic heterocycles. The Morgan fingerprint density at radius 1 is 0.950 bits per heavy atom. The van der Waals surface area contributed by atoms with E-state index in [0.29, 0.717) is 19.1 Å². The van der Waals surface area contributed by atoms with E-state index in [0.717, 1.165) is 0 Å². The Kier molecular flexibility index (Phi) is 20.3. The molecule has 16 atom stereocenters. The van der Waals surface area contributed by atoms with Gasteiger partial charge in [0.1, 0.15) is 36.3 Å². The van der Waals surface area contributed by atoms with E-state index in [1.165, 1.54) is 21.0 Å². The van der Waals surface area contributed by atoms with Crippen molar-refractivity contribution in [1.82, 2.24) is 4.90 Å². The molecule has 0 aromatic carbocycles. The average Bonchev–Trinajstić information content (AvgIpc) is 3.13. The monoisotopic (exact) mass is 855 g/mol. The third kappa shape index (κ3) is 14.7. The second-order valence-corrected chi connectivity index (χ2v) is 16.7. The van der Waals surface area contributed by atoms with Crippen molar-refractivity contribution >= 4 is 30.2 Å². The zero-order valence-corrected chi connectivity index (χ0v) is 37.1. The molecule has 0 bridgehead atoms. The van der Waals surface area contributed by atoms with E-state index in [9.17, 15) is 34.2 Å². The molecular formula is C43H69NO16. The fourth-order valence-corrected chi connectivity index (χ4v) is 8.25. The molecule has 0 spiro atoms. The van der Waals surface area contributed by atoms with E-state index in [1.807, 2.05) is 13.8 Å². The van der Waals surface area contributed by atoms with Crippen molar-refractivity contribution < 1.29 is 76.8 Å². The minimum Gasteiger partial charge on any atom is -0.462 e. The van der Waals surface area contributed by atoms with Gasteiger partial charge in [0.15, 0.2) is 24.8 Å². The molecule has 3 heterocycles. The van der Waals surface area contributed by atoms with E-state index in [4.69, 9.17) is 42.6 Å². The minimum absolute atomic E-state index is 0.0673. The van der Waals surface area contributed by atoms with Gasteiger partial charge in [-0.15, -0.1) is 0 Å². The summed E-state index contributed by atoms with van der Waals surface area (Å²) in [6.07, 6.45) is -3.74. The summed E-state index contributed by atoms with van der Waals surface area (Å²) in [5.74, 6) is -3.66. The number of likely N-dealkylation sites (N-methyl/N-ethyl adjacent to an activating group) is 1. The Morgan fingerprint density at radius 2 is 1.63 bits per heavy atom. The van der Waals surface area contributed by atoms with Crippen LogP contribution in [0.15, 0.2) is 24.3 Å². The molecule has 3 rings (SSSR count). The Morgan fingerprint density at radius 3 is 2.22 bits per heavy atom. The molecule has 0 aromatic rings. The van der Waals surface area contributed by atoms with Crippen LogP contribution in [0.25, 0.3) is 0 Å². The number of carbonyl (C=O) groups is 5. The van der Waals surface area contributed by atoms with E-state index >= 15 is 0 Å². The summed E-state index contributed by atoms with van der Waals surface area (Å²) in [6, 6.07) is -0.775. The molecule has 3 aliphatic heterocycles. The molecule has 2 N–H and O–H groups in total. The first kappa shape index (κ1) is 51.1. The lowest BCUT2D eigenvalue weighted by Crippen LogP contribution is -2.66. The largest absolute Gasteiger partial charge is 0.462 e. The van der Waals surface area contributed by atoms with Crippen molar-refractivity contribution in [3.8, 4) is 0 Å². The molecule has 60 heavy (non-hydrogen) atoms. The highest BCUT2D eigenvalue weighted by atomic mass is 16.7. The van der Waals surface area contributed by atoms with Crippen LogP contribution in [0.1, 0.15) is 100 Å². The maximum absolute atomic E-state index is 13.3. The van der Waals surface area contributed by atoms with Gasteiger partial charge < -0.3 is 62.5 Å². The summed E-state index contributed by atoms with van der Waals surface area (Å²) in [5.41, 5.74) is -1.52. The molecule has 0 radical (unpaired) electrons. The fourth-order valence-electron chi connectivity index (χ4n) is 8.25. The van der Waals surface area contributed by atoms with Crippen molar-refractivity contribution in [2.75, 3.05) is 21.2 Å². The first-order chi connectivity index (χ1) is 28.2. The van der Waals surface area contributed by atoms with Crippen LogP contribution in [-0.4, -0.2) is 152 Å². The summed E-state index contributed by atoms with van der Waals surface area (Å²) >= 11 is 0. The van der Waals surface area contributed by atoms with Crippen molar-refractivity contribution in [2.24, 2.45) is 11.8 Å². The van der Waals surface area contributed by atoms with Crippen LogP contribution in [0.2, 0.25) is 0 Å². The maximum atomic E-state index is 13.3. The predicted molar refractivity (Wildman–Crippen MR) is 215 cm³/mol. The summed E-state index contributed by atoms with van der Waals surface area (Å²) in [4.78, 5) is 65.3. The number of cyclic esters (lactones) is 1. The normalized spacial score (nSPS) is 39.5. The van der Waals surface area contributed by atoms with Crippen LogP contribution in [0.3, 0.4) is 0 Å². The second kappa shape index (κ2) is 23.8. The highest BCUT2D eigenvalue weighted by molar-refractivity contribution is 5.72. The molecule has 342 valence electrons. The van der Waals surface area contributed by atoms with Crippen molar-refractivity contribution in [3.63, 3.8) is 0 Å². The Labute approximate surface area is 354 Å². The molecular weight excluding hydrogens is 786 g/mol. The lowest BCUT2D eigenvalue weighted by atomic mass is 9.82. The number of methoxy groups -OCH3 is 1. The lowest BCUT2D eigenvalue weighted by Gasteiger charge is -2.51. The Balaban J connectivity index is 2.09. The Bertz CT molecular complexity index is 1470.